The maximum Gasteiger partial charge on any atom is 0.238 e. The number of hydrogen-bond donors (Lipinski definition) is 8. The van der Waals surface area contributed by atoms with Gasteiger partial charge in [-0.25, -0.2) is 0 Å². The van der Waals surface area contributed by atoms with Gasteiger partial charge in [0.15, 0.2) is 23.0 Å². The van der Waals surface area contributed by atoms with Crippen LogP contribution in [-0.4, -0.2) is 52.4 Å². The van der Waals surface area contributed by atoms with Gasteiger partial charge in [0.2, 0.25) is 28.8 Å². The second-order valence-electron chi connectivity index (χ2n) is 7.86. The van der Waals surface area contributed by atoms with E-state index in [2.05, 4.69) is 0 Å². The van der Waals surface area contributed by atoms with E-state index in [4.69, 9.17) is 9.78 Å². The normalized spacial score (nSPS) is 10.6. The number of carbonyl (C=O) groups is 2. The monoisotopic (exact) mass is 522 g/mol. The van der Waals surface area contributed by atoms with E-state index >= 15 is 0 Å². The Morgan fingerprint density at radius 3 is 1.61 bits per heavy atom. The van der Waals surface area contributed by atoms with Crippen molar-refractivity contribution >= 4 is 11.6 Å². The van der Waals surface area contributed by atoms with Crippen LogP contribution in [0.15, 0.2) is 60.7 Å². The predicted molar refractivity (Wildman–Crippen MR) is 127 cm³/mol. The molecule has 0 radical (unpaired) electrons. The van der Waals surface area contributed by atoms with Gasteiger partial charge in [-0.3, -0.25) is 19.4 Å². The average molecular weight is 522 g/mol. The van der Waals surface area contributed by atoms with Crippen LogP contribution in [-0.2, 0) is 0 Å². The van der Waals surface area contributed by atoms with E-state index in [1.807, 2.05) is 0 Å². The molecule has 12 nitrogen and oxygen atoms in total. The molecule has 0 spiro atoms. The SMILES string of the molecule is O=C(c1cccc(O)c1)c1c(O)c(O)cc(OOc2c(O)c(O)cc(O)c2C(=O)c2cccc(O)c2)c1O. The van der Waals surface area contributed by atoms with E-state index in [1.54, 1.807) is 0 Å². The Morgan fingerprint density at radius 1 is 0.526 bits per heavy atom. The zero-order chi connectivity index (χ0) is 27.7. The Bertz CT molecular complexity index is 1590. The number of benzene rings is 4. The van der Waals surface area contributed by atoms with Crippen LogP contribution < -0.4 is 9.78 Å². The lowest BCUT2D eigenvalue weighted by Gasteiger charge is -2.16. The van der Waals surface area contributed by atoms with Gasteiger partial charge in [0.25, 0.3) is 0 Å². The van der Waals surface area contributed by atoms with Crippen LogP contribution in [0.1, 0.15) is 31.8 Å². The molecule has 12 heteroatoms. The molecule has 0 fully saturated rings. The standard InChI is InChI=1S/C26H18O12/c27-13-5-1-3-11(7-13)21(32)19-15(29)9-16(30)24(35)26(19)38-37-18-10-17(31)23(34)20(25(18)36)22(33)12-4-2-6-14(28)8-12/h1-10,27-31,34-36H. The third-order valence-corrected chi connectivity index (χ3v) is 5.32. The van der Waals surface area contributed by atoms with E-state index in [1.165, 1.54) is 36.4 Å². The van der Waals surface area contributed by atoms with Gasteiger partial charge in [0.05, 0.1) is 0 Å². The van der Waals surface area contributed by atoms with E-state index in [0.717, 1.165) is 12.1 Å². The first kappa shape index (κ1) is 25.3. The average Bonchev–Trinajstić information content (AvgIpc) is 2.87. The van der Waals surface area contributed by atoms with E-state index < -0.39 is 68.7 Å². The minimum atomic E-state index is -1.06. The van der Waals surface area contributed by atoms with Crippen LogP contribution in [0.5, 0.6) is 57.5 Å². The van der Waals surface area contributed by atoms with E-state index in [9.17, 15) is 50.4 Å². The van der Waals surface area contributed by atoms with Gasteiger partial charge in [0.1, 0.15) is 28.4 Å². The molecule has 0 aromatic heterocycles. The second-order valence-corrected chi connectivity index (χ2v) is 7.86. The molecule has 0 aliphatic carbocycles. The van der Waals surface area contributed by atoms with Gasteiger partial charge in [-0.05, 0) is 24.3 Å². The topological polar surface area (TPSA) is 214 Å². The molecule has 4 aromatic carbocycles. The highest BCUT2D eigenvalue weighted by molar-refractivity contribution is 6.14. The lowest BCUT2D eigenvalue weighted by Crippen LogP contribution is -2.10. The molecule has 0 saturated carbocycles. The van der Waals surface area contributed by atoms with Crippen molar-refractivity contribution in [2.75, 3.05) is 0 Å². The summed E-state index contributed by atoms with van der Waals surface area (Å²) in [6, 6.07) is 11.1. The van der Waals surface area contributed by atoms with Crippen molar-refractivity contribution in [2.45, 2.75) is 0 Å². The Labute approximate surface area is 212 Å². The first-order valence-electron chi connectivity index (χ1n) is 10.6. The summed E-state index contributed by atoms with van der Waals surface area (Å²) in [5.74, 6) is -10.2. The first-order valence-corrected chi connectivity index (χ1v) is 10.6. The minimum Gasteiger partial charge on any atom is -0.508 e. The number of aromatic hydroxyl groups is 8. The van der Waals surface area contributed by atoms with Crippen molar-refractivity contribution < 1.29 is 60.2 Å². The van der Waals surface area contributed by atoms with E-state index in [-0.39, 0.29) is 22.6 Å². The van der Waals surface area contributed by atoms with Crippen molar-refractivity contribution in [1.29, 1.82) is 0 Å². The Hall–Kier alpha value is -5.78. The van der Waals surface area contributed by atoms with Crippen molar-refractivity contribution in [1.82, 2.24) is 0 Å². The molecule has 0 amide bonds. The van der Waals surface area contributed by atoms with Crippen molar-refractivity contribution in [3.05, 3.63) is 82.9 Å². The molecule has 0 aliphatic heterocycles. The van der Waals surface area contributed by atoms with Crippen molar-refractivity contribution in [3.8, 4) is 57.5 Å². The van der Waals surface area contributed by atoms with Crippen molar-refractivity contribution in [3.63, 3.8) is 0 Å². The quantitative estimate of drug-likeness (QED) is 0.0577. The summed E-state index contributed by atoms with van der Waals surface area (Å²) in [7, 11) is 0. The van der Waals surface area contributed by atoms with Crippen molar-refractivity contribution in [2.24, 2.45) is 0 Å². The fourth-order valence-corrected chi connectivity index (χ4v) is 3.49. The molecule has 4 rings (SSSR count). The third-order valence-electron chi connectivity index (χ3n) is 5.32. The zero-order valence-electron chi connectivity index (χ0n) is 19.0. The highest BCUT2D eigenvalue weighted by atomic mass is 17.2. The summed E-state index contributed by atoms with van der Waals surface area (Å²) in [6.07, 6.45) is 0. The molecule has 38 heavy (non-hydrogen) atoms. The maximum atomic E-state index is 13.0. The van der Waals surface area contributed by atoms with Gasteiger partial charge in [-0.1, -0.05) is 24.3 Å². The zero-order valence-corrected chi connectivity index (χ0v) is 19.0. The number of rotatable bonds is 7. The second kappa shape index (κ2) is 9.70. The molecular weight excluding hydrogens is 504 g/mol. The minimum absolute atomic E-state index is 0.153. The van der Waals surface area contributed by atoms with Gasteiger partial charge >= 0.3 is 0 Å². The summed E-state index contributed by atoms with van der Waals surface area (Å²) in [5.41, 5.74) is -1.89. The van der Waals surface area contributed by atoms with Crippen LogP contribution in [0.25, 0.3) is 0 Å². The van der Waals surface area contributed by atoms with Crippen LogP contribution in [0.2, 0.25) is 0 Å². The molecule has 8 N–H and O–H groups in total. The van der Waals surface area contributed by atoms with Gasteiger partial charge in [0, 0.05) is 23.3 Å². The molecule has 0 atom stereocenters. The highest BCUT2D eigenvalue weighted by Crippen LogP contribution is 2.47. The Morgan fingerprint density at radius 2 is 1.05 bits per heavy atom. The number of hydrogen-bond acceptors (Lipinski definition) is 12. The molecule has 0 heterocycles. The summed E-state index contributed by atoms with van der Waals surface area (Å²) in [4.78, 5) is 35.8. The number of carbonyl (C=O) groups excluding carboxylic acids is 2. The van der Waals surface area contributed by atoms with Gasteiger partial charge in [-0.15, -0.1) is 0 Å². The largest absolute Gasteiger partial charge is 0.508 e. The Kier molecular flexibility index (Phi) is 6.46. The van der Waals surface area contributed by atoms with Crippen LogP contribution in [0.4, 0.5) is 0 Å². The fraction of sp³-hybridized carbons (Fsp3) is 0. The number of phenols is 8. The fourth-order valence-electron chi connectivity index (χ4n) is 3.49. The maximum absolute atomic E-state index is 13.0. The lowest BCUT2D eigenvalue weighted by atomic mass is 10.00. The molecule has 4 aromatic rings. The molecule has 0 bridgehead atoms. The summed E-state index contributed by atoms with van der Waals surface area (Å²) in [5, 5.41) is 80.8. The smallest absolute Gasteiger partial charge is 0.238 e. The van der Waals surface area contributed by atoms with Crippen LogP contribution in [0, 0.1) is 0 Å². The van der Waals surface area contributed by atoms with Gasteiger partial charge in [-0.2, -0.15) is 0 Å². The highest BCUT2D eigenvalue weighted by Gasteiger charge is 2.29. The summed E-state index contributed by atoms with van der Waals surface area (Å²) >= 11 is 0. The molecular formula is C26H18O12. The summed E-state index contributed by atoms with van der Waals surface area (Å²) < 4.78 is 0. The molecule has 0 unspecified atom stereocenters. The molecule has 0 aliphatic rings. The van der Waals surface area contributed by atoms with Crippen LogP contribution >= 0.6 is 0 Å². The third kappa shape index (κ3) is 4.56. The van der Waals surface area contributed by atoms with Crippen LogP contribution in [0.3, 0.4) is 0 Å². The number of ketones is 2. The molecule has 194 valence electrons. The predicted octanol–water partition coefficient (Wildman–Crippen LogP) is 3.17. The summed E-state index contributed by atoms with van der Waals surface area (Å²) in [6.45, 7) is 0. The number of phenolic OH excluding ortho intramolecular Hbond substituents is 8. The molecule has 0 saturated heterocycles. The van der Waals surface area contributed by atoms with Gasteiger partial charge < -0.3 is 40.9 Å². The van der Waals surface area contributed by atoms with E-state index in [0.29, 0.717) is 12.1 Å². The lowest BCUT2D eigenvalue weighted by molar-refractivity contribution is -0.104. The first-order chi connectivity index (χ1) is 18.0. The Balaban J connectivity index is 1.76.